The van der Waals surface area contributed by atoms with E-state index in [9.17, 15) is 4.79 Å². The molecule has 2 rings (SSSR count). The lowest BCUT2D eigenvalue weighted by molar-refractivity contribution is -0.121. The topological polar surface area (TPSA) is 54.3 Å². The largest absolute Gasteiger partial charge is 0.465 e. The van der Waals surface area contributed by atoms with Gasteiger partial charge >= 0.3 is 0 Å². The molecule has 2 atom stereocenters. The first kappa shape index (κ1) is 17.9. The van der Waals surface area contributed by atoms with Crippen molar-refractivity contribution in [2.75, 3.05) is 6.54 Å². The molecule has 0 aliphatic rings. The Labute approximate surface area is 146 Å². The molecule has 4 nitrogen and oxygen atoms in total. The highest BCUT2D eigenvalue weighted by Gasteiger charge is 2.15. The van der Waals surface area contributed by atoms with Crippen molar-refractivity contribution in [2.45, 2.75) is 32.9 Å². The fourth-order valence-electron chi connectivity index (χ4n) is 2.26. The summed E-state index contributed by atoms with van der Waals surface area (Å²) in [5, 5.41) is 7.15. The summed E-state index contributed by atoms with van der Waals surface area (Å²) >= 11 is 12.0. The monoisotopic (exact) mass is 354 g/mol. The summed E-state index contributed by atoms with van der Waals surface area (Å²) in [5.74, 6) is 1.55. The van der Waals surface area contributed by atoms with E-state index < -0.39 is 0 Å². The molecule has 2 unspecified atom stereocenters. The highest BCUT2D eigenvalue weighted by Crippen LogP contribution is 2.26. The van der Waals surface area contributed by atoms with E-state index in [2.05, 4.69) is 10.6 Å². The Balaban J connectivity index is 1.86. The van der Waals surface area contributed by atoms with Crippen LogP contribution in [0, 0.1) is 6.92 Å². The van der Waals surface area contributed by atoms with Gasteiger partial charge in [0.15, 0.2) is 0 Å². The van der Waals surface area contributed by atoms with Gasteiger partial charge in [0, 0.05) is 10.0 Å². The molecular formula is C17H20Cl2N2O2. The van der Waals surface area contributed by atoms with Gasteiger partial charge in [-0.05, 0) is 50.6 Å². The minimum Gasteiger partial charge on any atom is -0.465 e. The predicted molar refractivity (Wildman–Crippen MR) is 92.9 cm³/mol. The minimum absolute atomic E-state index is 0.0381. The molecule has 2 N–H and O–H groups in total. The van der Waals surface area contributed by atoms with E-state index in [1.165, 1.54) is 0 Å². The fraction of sp³-hybridized carbons (Fsp3) is 0.353. The number of carbonyl (C=O) groups excluding carboxylic acids is 1. The number of hydrogen-bond donors (Lipinski definition) is 2. The Hall–Kier alpha value is -1.49. The van der Waals surface area contributed by atoms with Gasteiger partial charge in [0.25, 0.3) is 0 Å². The summed E-state index contributed by atoms with van der Waals surface area (Å²) < 4.78 is 5.53. The number of hydrogen-bond acceptors (Lipinski definition) is 3. The molecular weight excluding hydrogens is 335 g/mol. The van der Waals surface area contributed by atoms with Crippen molar-refractivity contribution in [1.29, 1.82) is 0 Å². The van der Waals surface area contributed by atoms with E-state index in [1.54, 1.807) is 12.1 Å². The summed E-state index contributed by atoms with van der Waals surface area (Å²) in [5.41, 5.74) is 0.833. The van der Waals surface area contributed by atoms with Gasteiger partial charge in [0.2, 0.25) is 5.91 Å². The molecule has 0 fully saturated rings. The predicted octanol–water partition coefficient (Wildman–Crippen LogP) is 4.42. The lowest BCUT2D eigenvalue weighted by Crippen LogP contribution is -2.36. The maximum absolute atomic E-state index is 12.1. The zero-order valence-electron chi connectivity index (χ0n) is 13.3. The van der Waals surface area contributed by atoms with Crippen LogP contribution in [0.1, 0.15) is 43.0 Å². The Bertz CT molecular complexity index is 685. The van der Waals surface area contributed by atoms with Crippen LogP contribution in [0.25, 0.3) is 0 Å². The first-order chi connectivity index (χ1) is 10.9. The van der Waals surface area contributed by atoms with E-state index in [0.717, 1.165) is 17.1 Å². The van der Waals surface area contributed by atoms with E-state index in [4.69, 9.17) is 27.6 Å². The molecule has 0 saturated carbocycles. The number of amides is 1. The highest BCUT2D eigenvalue weighted by molar-refractivity contribution is 6.35. The smallest absolute Gasteiger partial charge is 0.234 e. The van der Waals surface area contributed by atoms with E-state index >= 15 is 0 Å². The Morgan fingerprint density at radius 2 is 1.91 bits per heavy atom. The Morgan fingerprint density at radius 3 is 2.52 bits per heavy atom. The van der Waals surface area contributed by atoms with Gasteiger partial charge in [-0.2, -0.15) is 0 Å². The zero-order chi connectivity index (χ0) is 17.0. The molecule has 124 valence electrons. The van der Waals surface area contributed by atoms with Crippen LogP contribution in [0.2, 0.25) is 10.0 Å². The molecule has 1 aromatic heterocycles. The molecule has 6 heteroatoms. The second-order valence-electron chi connectivity index (χ2n) is 5.51. The second kappa shape index (κ2) is 7.86. The van der Waals surface area contributed by atoms with Crippen LogP contribution in [0.4, 0.5) is 0 Å². The van der Waals surface area contributed by atoms with Gasteiger partial charge in [-0.1, -0.05) is 29.3 Å². The summed E-state index contributed by atoms with van der Waals surface area (Å²) in [6.07, 6.45) is 0. The van der Waals surface area contributed by atoms with Gasteiger partial charge < -0.3 is 9.73 Å². The number of benzene rings is 1. The molecule has 0 spiro atoms. The number of aryl methyl sites for hydroxylation is 1. The van der Waals surface area contributed by atoms with E-state index in [0.29, 0.717) is 10.0 Å². The third-order valence-electron chi connectivity index (χ3n) is 3.56. The van der Waals surface area contributed by atoms with Gasteiger partial charge in [0.1, 0.15) is 11.5 Å². The number of rotatable bonds is 6. The van der Waals surface area contributed by atoms with E-state index in [1.807, 2.05) is 39.0 Å². The van der Waals surface area contributed by atoms with Crippen LogP contribution in [-0.2, 0) is 4.79 Å². The van der Waals surface area contributed by atoms with Crippen molar-refractivity contribution < 1.29 is 9.21 Å². The normalized spacial score (nSPS) is 13.6. The van der Waals surface area contributed by atoms with Crippen LogP contribution < -0.4 is 10.6 Å². The lowest BCUT2D eigenvalue weighted by Gasteiger charge is -2.17. The standard InChI is InChI=1S/C17H20Cl2N2O2/c1-10-4-7-16(23-10)12(3)20-9-17(22)21-11(2)14-6-5-13(18)8-15(14)19/h4-8,11-12,20H,9H2,1-3H3,(H,21,22). The molecule has 0 radical (unpaired) electrons. The first-order valence-corrected chi connectivity index (χ1v) is 8.16. The second-order valence-corrected chi connectivity index (χ2v) is 6.35. The van der Waals surface area contributed by atoms with Gasteiger partial charge in [-0.3, -0.25) is 10.1 Å². The third kappa shape index (κ3) is 4.99. The maximum Gasteiger partial charge on any atom is 0.234 e. The van der Waals surface area contributed by atoms with Crippen molar-refractivity contribution in [3.05, 3.63) is 57.5 Å². The minimum atomic E-state index is -0.199. The summed E-state index contributed by atoms with van der Waals surface area (Å²) in [6, 6.07) is 8.81. The highest BCUT2D eigenvalue weighted by atomic mass is 35.5. The molecule has 1 heterocycles. The average Bonchev–Trinajstić information content (AvgIpc) is 2.91. The maximum atomic E-state index is 12.1. The number of carbonyl (C=O) groups is 1. The van der Waals surface area contributed by atoms with Crippen LogP contribution in [-0.4, -0.2) is 12.5 Å². The van der Waals surface area contributed by atoms with Crippen molar-refractivity contribution in [3.63, 3.8) is 0 Å². The molecule has 0 bridgehead atoms. The average molecular weight is 355 g/mol. The number of furan rings is 1. The van der Waals surface area contributed by atoms with Gasteiger partial charge in [-0.25, -0.2) is 0 Å². The summed E-state index contributed by atoms with van der Waals surface area (Å²) in [4.78, 5) is 12.1. The van der Waals surface area contributed by atoms with Crippen molar-refractivity contribution in [2.24, 2.45) is 0 Å². The Kier molecular flexibility index (Phi) is 6.10. The van der Waals surface area contributed by atoms with Crippen LogP contribution in [0.3, 0.4) is 0 Å². The third-order valence-corrected chi connectivity index (χ3v) is 4.13. The van der Waals surface area contributed by atoms with Gasteiger partial charge in [-0.15, -0.1) is 0 Å². The molecule has 0 aliphatic heterocycles. The van der Waals surface area contributed by atoms with Crippen molar-refractivity contribution in [1.82, 2.24) is 10.6 Å². The quantitative estimate of drug-likeness (QED) is 0.806. The van der Waals surface area contributed by atoms with Crippen molar-refractivity contribution >= 4 is 29.1 Å². The number of halogens is 2. The van der Waals surface area contributed by atoms with Gasteiger partial charge in [0.05, 0.1) is 18.6 Å². The molecule has 1 aromatic carbocycles. The Morgan fingerprint density at radius 1 is 1.17 bits per heavy atom. The van der Waals surface area contributed by atoms with Crippen LogP contribution in [0.15, 0.2) is 34.7 Å². The van der Waals surface area contributed by atoms with Crippen LogP contribution in [0.5, 0.6) is 0 Å². The molecule has 0 aliphatic carbocycles. The SMILES string of the molecule is Cc1ccc(C(C)NCC(=O)NC(C)c2ccc(Cl)cc2Cl)o1. The molecule has 2 aromatic rings. The fourth-order valence-corrected chi connectivity index (χ4v) is 2.83. The van der Waals surface area contributed by atoms with Crippen LogP contribution >= 0.6 is 23.2 Å². The summed E-state index contributed by atoms with van der Waals surface area (Å²) in [7, 11) is 0. The first-order valence-electron chi connectivity index (χ1n) is 7.41. The number of nitrogens with one attached hydrogen (secondary N) is 2. The lowest BCUT2D eigenvalue weighted by atomic mass is 10.1. The molecule has 0 saturated heterocycles. The molecule has 23 heavy (non-hydrogen) atoms. The molecule has 1 amide bonds. The van der Waals surface area contributed by atoms with Crippen molar-refractivity contribution in [3.8, 4) is 0 Å². The zero-order valence-corrected chi connectivity index (χ0v) is 14.8. The summed E-state index contributed by atoms with van der Waals surface area (Å²) in [6.45, 7) is 5.91. The van der Waals surface area contributed by atoms with E-state index in [-0.39, 0.29) is 24.5 Å².